The molecule has 5 nitrogen and oxygen atoms in total. The van der Waals surface area contributed by atoms with Crippen LogP contribution in [-0.2, 0) is 12.8 Å². The third kappa shape index (κ3) is 4.79. The second-order valence-corrected chi connectivity index (χ2v) is 11.1. The first-order chi connectivity index (χ1) is 16.4. The number of hydrogen-bond acceptors (Lipinski definition) is 5. The van der Waals surface area contributed by atoms with E-state index in [1.54, 1.807) is 19.2 Å². The van der Waals surface area contributed by atoms with Crippen molar-refractivity contribution in [3.8, 4) is 23.0 Å². The first kappa shape index (κ1) is 25.2. The number of ether oxygens (including phenoxy) is 2. The summed E-state index contributed by atoms with van der Waals surface area (Å²) in [6, 6.07) is 7.39. The summed E-state index contributed by atoms with van der Waals surface area (Å²) in [5.74, 6) is 1.81. The highest BCUT2D eigenvalue weighted by atomic mass is 16.5. The third-order valence-corrected chi connectivity index (χ3v) is 7.95. The van der Waals surface area contributed by atoms with Crippen molar-refractivity contribution in [1.82, 2.24) is 0 Å². The van der Waals surface area contributed by atoms with Crippen molar-refractivity contribution in [2.24, 2.45) is 11.3 Å². The maximum atomic E-state index is 10.7. The van der Waals surface area contributed by atoms with Crippen LogP contribution in [0.1, 0.15) is 69.7 Å². The number of aromatic hydroxyl groups is 2. The molecule has 0 amide bonds. The molecule has 3 N–H and O–H groups in total. The fourth-order valence-electron chi connectivity index (χ4n) is 5.71. The smallest absolute Gasteiger partial charge is 0.165 e. The van der Waals surface area contributed by atoms with Crippen molar-refractivity contribution in [1.29, 1.82) is 0 Å². The van der Waals surface area contributed by atoms with Crippen LogP contribution in [0.3, 0.4) is 0 Å². The number of aliphatic hydroxyl groups excluding tert-OH is 1. The molecule has 1 saturated carbocycles. The lowest BCUT2D eigenvalue weighted by molar-refractivity contribution is -0.138. The highest BCUT2D eigenvalue weighted by Crippen LogP contribution is 2.55. The standard InChI is InChI=1S/C30H38O5/c1-18(2)7-10-22-23(31)14-20(15-24(22)32)9-8-19-13-21-17-26-29(3,4)27(33)11-12-30(26,5)35-28(21)25(16-19)34-6/h7-9,13-16,26-27,31-33H,10-12,17H2,1-6H3/t26-,27-,30-/m1/s1. The molecule has 35 heavy (non-hydrogen) atoms. The minimum atomic E-state index is -0.351. The van der Waals surface area contributed by atoms with Gasteiger partial charge in [0.15, 0.2) is 11.5 Å². The maximum absolute atomic E-state index is 10.7. The van der Waals surface area contributed by atoms with Gasteiger partial charge in [0.05, 0.1) is 13.2 Å². The van der Waals surface area contributed by atoms with Crippen molar-refractivity contribution in [2.75, 3.05) is 7.11 Å². The lowest BCUT2D eigenvalue weighted by atomic mass is 9.57. The summed E-state index contributed by atoms with van der Waals surface area (Å²) < 4.78 is 12.3. The van der Waals surface area contributed by atoms with Gasteiger partial charge in [-0.05, 0) is 92.8 Å². The molecule has 4 rings (SSSR count). The van der Waals surface area contributed by atoms with Gasteiger partial charge < -0.3 is 24.8 Å². The van der Waals surface area contributed by atoms with Crippen LogP contribution >= 0.6 is 0 Å². The Balaban J connectivity index is 1.65. The molecule has 0 radical (unpaired) electrons. The molecule has 1 aliphatic heterocycles. The Morgan fingerprint density at radius 3 is 2.29 bits per heavy atom. The fraction of sp³-hybridized carbons (Fsp3) is 0.467. The van der Waals surface area contributed by atoms with E-state index in [1.165, 1.54) is 0 Å². The first-order valence-electron chi connectivity index (χ1n) is 12.4. The summed E-state index contributed by atoms with van der Waals surface area (Å²) in [5, 5.41) is 31.6. The topological polar surface area (TPSA) is 79.2 Å². The second kappa shape index (κ2) is 9.27. The molecule has 5 heteroatoms. The first-order valence-corrected chi connectivity index (χ1v) is 12.4. The number of aliphatic hydroxyl groups is 1. The molecule has 2 aromatic rings. The Morgan fingerprint density at radius 1 is 1.06 bits per heavy atom. The highest BCUT2D eigenvalue weighted by molar-refractivity contribution is 5.73. The molecule has 0 saturated heterocycles. The van der Waals surface area contributed by atoms with E-state index in [2.05, 4.69) is 26.8 Å². The van der Waals surface area contributed by atoms with E-state index in [0.29, 0.717) is 23.3 Å². The zero-order chi connectivity index (χ0) is 25.5. The molecule has 0 bridgehead atoms. The molecule has 2 aliphatic rings. The van der Waals surface area contributed by atoms with Gasteiger partial charge in [-0.1, -0.05) is 37.6 Å². The third-order valence-electron chi connectivity index (χ3n) is 7.95. The van der Waals surface area contributed by atoms with Crippen molar-refractivity contribution in [3.63, 3.8) is 0 Å². The number of methoxy groups -OCH3 is 1. The van der Waals surface area contributed by atoms with Gasteiger partial charge in [0, 0.05) is 11.5 Å². The average molecular weight is 479 g/mol. The summed E-state index contributed by atoms with van der Waals surface area (Å²) in [7, 11) is 1.65. The number of phenols is 2. The lowest BCUT2D eigenvalue weighted by Gasteiger charge is -2.55. The number of rotatable bonds is 5. The second-order valence-electron chi connectivity index (χ2n) is 11.1. The summed E-state index contributed by atoms with van der Waals surface area (Å²) >= 11 is 0. The van der Waals surface area contributed by atoms with E-state index in [1.807, 2.05) is 38.1 Å². The Labute approximate surface area is 208 Å². The van der Waals surface area contributed by atoms with E-state index in [-0.39, 0.29) is 34.5 Å². The van der Waals surface area contributed by atoms with E-state index in [4.69, 9.17) is 9.47 Å². The van der Waals surface area contributed by atoms with Gasteiger partial charge in [-0.25, -0.2) is 0 Å². The zero-order valence-electron chi connectivity index (χ0n) is 21.7. The van der Waals surface area contributed by atoms with Crippen LogP contribution in [0.2, 0.25) is 0 Å². The van der Waals surface area contributed by atoms with Crippen LogP contribution in [0.5, 0.6) is 23.0 Å². The molecule has 3 atom stereocenters. The summed E-state index contributed by atoms with van der Waals surface area (Å²) in [6.07, 6.45) is 8.26. The van der Waals surface area contributed by atoms with Crippen molar-refractivity contribution < 1.29 is 24.8 Å². The molecule has 1 aliphatic carbocycles. The van der Waals surface area contributed by atoms with Crippen LogP contribution < -0.4 is 9.47 Å². The van der Waals surface area contributed by atoms with E-state index in [9.17, 15) is 15.3 Å². The van der Waals surface area contributed by atoms with Crippen LogP contribution in [0.4, 0.5) is 0 Å². The van der Waals surface area contributed by atoms with Gasteiger partial charge in [-0.3, -0.25) is 0 Å². The number of benzene rings is 2. The van der Waals surface area contributed by atoms with Gasteiger partial charge in [0.1, 0.15) is 17.1 Å². The Hall–Kier alpha value is -2.92. The summed E-state index contributed by atoms with van der Waals surface area (Å²) in [4.78, 5) is 0. The minimum absolute atomic E-state index is 0.0796. The largest absolute Gasteiger partial charge is 0.507 e. The van der Waals surface area contributed by atoms with Crippen molar-refractivity contribution in [2.45, 2.75) is 72.0 Å². The molecule has 0 aromatic heterocycles. The van der Waals surface area contributed by atoms with Gasteiger partial charge >= 0.3 is 0 Å². The molecular weight excluding hydrogens is 440 g/mol. The molecule has 1 fully saturated rings. The quantitative estimate of drug-likeness (QED) is 0.348. The molecule has 0 spiro atoms. The fourth-order valence-corrected chi connectivity index (χ4v) is 5.71. The number of allylic oxidation sites excluding steroid dienone is 2. The molecular formula is C30H38O5. The Kier molecular flexibility index (Phi) is 6.67. The highest BCUT2D eigenvalue weighted by Gasteiger charge is 2.54. The molecule has 0 unspecified atom stereocenters. The van der Waals surface area contributed by atoms with E-state index < -0.39 is 0 Å². The van der Waals surface area contributed by atoms with Gasteiger partial charge in [-0.15, -0.1) is 0 Å². The summed E-state index contributed by atoms with van der Waals surface area (Å²) in [6.45, 7) is 10.4. The predicted octanol–water partition coefficient (Wildman–Crippen LogP) is 6.28. The Morgan fingerprint density at radius 2 is 1.69 bits per heavy atom. The molecule has 188 valence electrons. The maximum Gasteiger partial charge on any atom is 0.165 e. The average Bonchev–Trinajstić information content (AvgIpc) is 2.78. The SMILES string of the molecule is COc1cc(C=Cc2cc(O)c(CC=C(C)C)c(O)c2)cc2c1O[C@]1(C)CC[C@@H](O)C(C)(C)[C@H]1C2. The Bertz CT molecular complexity index is 1150. The predicted molar refractivity (Wildman–Crippen MR) is 140 cm³/mol. The van der Waals surface area contributed by atoms with Crippen molar-refractivity contribution >= 4 is 12.2 Å². The monoisotopic (exact) mass is 478 g/mol. The molecule has 2 aromatic carbocycles. The minimum Gasteiger partial charge on any atom is -0.507 e. The summed E-state index contributed by atoms with van der Waals surface area (Å²) in [5.41, 5.74) is 3.76. The van der Waals surface area contributed by atoms with Gasteiger partial charge in [0.25, 0.3) is 0 Å². The number of fused-ring (bicyclic) bond motifs is 2. The van der Waals surface area contributed by atoms with Crippen molar-refractivity contribution in [3.05, 3.63) is 58.2 Å². The number of hydrogen-bond donors (Lipinski definition) is 3. The van der Waals surface area contributed by atoms with Crippen LogP contribution in [-0.4, -0.2) is 34.1 Å². The van der Waals surface area contributed by atoms with Crippen LogP contribution in [0, 0.1) is 11.3 Å². The lowest BCUT2D eigenvalue weighted by Crippen LogP contribution is -2.58. The van der Waals surface area contributed by atoms with E-state index in [0.717, 1.165) is 41.7 Å². The normalized spacial score (nSPS) is 24.9. The van der Waals surface area contributed by atoms with Gasteiger partial charge in [0.2, 0.25) is 0 Å². The number of phenolic OH excluding ortho intramolecular Hbond substituents is 2. The van der Waals surface area contributed by atoms with Gasteiger partial charge in [-0.2, -0.15) is 0 Å². The van der Waals surface area contributed by atoms with Crippen LogP contribution in [0.15, 0.2) is 35.9 Å². The van der Waals surface area contributed by atoms with Crippen LogP contribution in [0.25, 0.3) is 12.2 Å². The van der Waals surface area contributed by atoms with E-state index >= 15 is 0 Å². The molecule has 1 heterocycles. The zero-order valence-corrected chi connectivity index (χ0v) is 21.7.